The minimum atomic E-state index is -0.880. The van der Waals surface area contributed by atoms with Crippen molar-refractivity contribution < 1.29 is 4.79 Å². The number of halogens is 8. The van der Waals surface area contributed by atoms with Gasteiger partial charge in [0.05, 0.1) is 40.7 Å². The Morgan fingerprint density at radius 1 is 0.550 bits per heavy atom. The first-order valence-corrected chi connectivity index (χ1v) is 7.74. The van der Waals surface area contributed by atoms with Gasteiger partial charge in [0.15, 0.2) is 0 Å². The number of hydrogen-bond donors (Lipinski definition) is 0. The zero-order chi connectivity index (χ0) is 15.4. The molecule has 9 heteroatoms. The van der Waals surface area contributed by atoms with Crippen LogP contribution in [0.2, 0.25) is 35.2 Å². The van der Waals surface area contributed by atoms with Crippen molar-refractivity contribution >= 4 is 109 Å². The molecule has 2 rings (SSSR count). The van der Waals surface area contributed by atoms with Gasteiger partial charge in [0.2, 0.25) is 0 Å². The van der Waals surface area contributed by atoms with Crippen LogP contribution in [0.1, 0.15) is 10.4 Å². The Kier molecular flexibility index (Phi) is 5.17. The maximum Gasteiger partial charge on any atom is 0.254 e. The molecule has 0 radical (unpaired) electrons. The molecular formula is C11Cl8O. The van der Waals surface area contributed by atoms with Gasteiger partial charge < -0.3 is 0 Å². The molecule has 0 aliphatic carbocycles. The lowest BCUT2D eigenvalue weighted by Gasteiger charge is -2.15. The first kappa shape index (κ1) is 17.1. The summed E-state index contributed by atoms with van der Waals surface area (Å²) in [5.41, 5.74) is -0.136. The summed E-state index contributed by atoms with van der Waals surface area (Å²) in [6.07, 6.45) is 0. The van der Waals surface area contributed by atoms with Gasteiger partial charge in [-0.1, -0.05) is 81.2 Å². The molecule has 0 saturated heterocycles. The molecule has 0 aliphatic rings. The fourth-order valence-electron chi connectivity index (χ4n) is 1.68. The van der Waals surface area contributed by atoms with E-state index in [9.17, 15) is 4.79 Å². The highest BCUT2D eigenvalue weighted by atomic mass is 35.5. The average molecular weight is 432 g/mol. The first-order chi connectivity index (χ1) is 9.20. The van der Waals surface area contributed by atoms with Crippen LogP contribution >= 0.6 is 92.8 Å². The monoisotopic (exact) mass is 428 g/mol. The van der Waals surface area contributed by atoms with E-state index in [0.717, 1.165) is 0 Å². The molecule has 0 spiro atoms. The third-order valence-corrected chi connectivity index (χ3v) is 5.86. The van der Waals surface area contributed by atoms with Gasteiger partial charge in [-0.05, 0) is 11.6 Å². The summed E-state index contributed by atoms with van der Waals surface area (Å²) in [4.78, 5) is 11.6. The summed E-state index contributed by atoms with van der Waals surface area (Å²) >= 11 is 47.7. The summed E-state index contributed by atoms with van der Waals surface area (Å²) < 4.78 is 0. The van der Waals surface area contributed by atoms with Crippen molar-refractivity contribution in [1.29, 1.82) is 0 Å². The van der Waals surface area contributed by atoms with E-state index < -0.39 is 5.24 Å². The van der Waals surface area contributed by atoms with E-state index in [1.807, 2.05) is 0 Å². The van der Waals surface area contributed by atoms with Crippen LogP contribution in [-0.4, -0.2) is 5.24 Å². The maximum atomic E-state index is 11.6. The molecule has 0 saturated carbocycles. The van der Waals surface area contributed by atoms with E-state index in [4.69, 9.17) is 92.8 Å². The van der Waals surface area contributed by atoms with E-state index >= 15 is 0 Å². The number of carbonyl (C=O) groups is 1. The molecule has 0 amide bonds. The predicted molar refractivity (Wildman–Crippen MR) is 89.2 cm³/mol. The van der Waals surface area contributed by atoms with E-state index in [2.05, 4.69) is 0 Å². The zero-order valence-corrected chi connectivity index (χ0v) is 15.0. The van der Waals surface area contributed by atoms with Gasteiger partial charge in [-0.2, -0.15) is 0 Å². The molecule has 0 aliphatic heterocycles. The fraction of sp³-hybridized carbons (Fsp3) is 0. The molecule has 1 nitrogen and oxygen atoms in total. The van der Waals surface area contributed by atoms with Crippen molar-refractivity contribution in [3.63, 3.8) is 0 Å². The second-order valence-corrected chi connectivity index (χ2v) is 6.59. The molecule has 0 aromatic heterocycles. The molecule has 0 N–H and O–H groups in total. The lowest BCUT2D eigenvalue weighted by Crippen LogP contribution is -1.97. The Balaban J connectivity index is 3.27. The Morgan fingerprint density at radius 2 is 0.900 bits per heavy atom. The molecule has 0 bridgehead atoms. The molecule has 0 fully saturated rings. The van der Waals surface area contributed by atoms with Gasteiger partial charge >= 0.3 is 0 Å². The van der Waals surface area contributed by atoms with Crippen LogP contribution in [0.25, 0.3) is 10.8 Å². The molecule has 0 unspecified atom stereocenters. The molecule has 0 heterocycles. The number of benzene rings is 2. The van der Waals surface area contributed by atoms with Crippen molar-refractivity contribution in [3.05, 3.63) is 40.7 Å². The Morgan fingerprint density at radius 3 is 1.30 bits per heavy atom. The van der Waals surface area contributed by atoms with E-state index in [1.165, 1.54) is 0 Å². The highest BCUT2D eigenvalue weighted by Crippen LogP contribution is 2.51. The van der Waals surface area contributed by atoms with Crippen molar-refractivity contribution in [3.8, 4) is 0 Å². The van der Waals surface area contributed by atoms with Crippen molar-refractivity contribution in [2.75, 3.05) is 0 Å². The molecule has 0 atom stereocenters. The normalized spacial score (nSPS) is 11.2. The van der Waals surface area contributed by atoms with Crippen LogP contribution in [0, 0.1) is 0 Å². The summed E-state index contributed by atoms with van der Waals surface area (Å²) in [5.74, 6) is 0. The number of fused-ring (bicyclic) bond motifs is 1. The molecular weight excluding hydrogens is 432 g/mol. The molecule has 2 aromatic rings. The second-order valence-electron chi connectivity index (χ2n) is 3.60. The lowest BCUT2D eigenvalue weighted by molar-refractivity contribution is 0.108. The molecule has 20 heavy (non-hydrogen) atoms. The summed E-state index contributed by atoms with van der Waals surface area (Å²) in [7, 11) is 0. The largest absolute Gasteiger partial charge is 0.276 e. The highest BCUT2D eigenvalue weighted by molar-refractivity contribution is 6.71. The lowest BCUT2D eigenvalue weighted by atomic mass is 10.0. The summed E-state index contributed by atoms with van der Waals surface area (Å²) in [6.45, 7) is 0. The van der Waals surface area contributed by atoms with Gasteiger partial charge in [0.1, 0.15) is 0 Å². The van der Waals surface area contributed by atoms with Gasteiger partial charge in [-0.3, -0.25) is 4.79 Å². The van der Waals surface area contributed by atoms with Crippen LogP contribution in [-0.2, 0) is 0 Å². The number of rotatable bonds is 1. The van der Waals surface area contributed by atoms with Crippen LogP contribution in [0.5, 0.6) is 0 Å². The van der Waals surface area contributed by atoms with E-state index in [0.29, 0.717) is 0 Å². The second kappa shape index (κ2) is 6.06. The minimum Gasteiger partial charge on any atom is -0.276 e. The van der Waals surface area contributed by atoms with Crippen molar-refractivity contribution in [2.24, 2.45) is 0 Å². The van der Waals surface area contributed by atoms with E-state index in [1.54, 1.807) is 0 Å². The van der Waals surface area contributed by atoms with Gasteiger partial charge in [-0.15, -0.1) is 0 Å². The standard InChI is InChI=1S/C11Cl8O/c12-4-1-2(6(14)10(18)9(4)17)5(13)8(16)7(15)3(1)11(19)20. The molecule has 2 aromatic carbocycles. The molecule has 106 valence electrons. The van der Waals surface area contributed by atoms with Crippen LogP contribution in [0.3, 0.4) is 0 Å². The topological polar surface area (TPSA) is 17.1 Å². The van der Waals surface area contributed by atoms with Crippen molar-refractivity contribution in [1.82, 2.24) is 0 Å². The average Bonchev–Trinajstić information content (AvgIpc) is 2.39. The third-order valence-electron chi connectivity index (χ3n) is 2.54. The van der Waals surface area contributed by atoms with Crippen LogP contribution in [0.4, 0.5) is 0 Å². The van der Waals surface area contributed by atoms with Crippen LogP contribution < -0.4 is 0 Å². The minimum absolute atomic E-state index is 0.00111. The Bertz CT molecular complexity index is 759. The van der Waals surface area contributed by atoms with Crippen molar-refractivity contribution in [2.45, 2.75) is 0 Å². The zero-order valence-electron chi connectivity index (χ0n) is 8.93. The summed E-state index contributed by atoms with van der Waals surface area (Å²) in [5, 5.41) is -0.940. The Labute approximate surface area is 153 Å². The van der Waals surface area contributed by atoms with Gasteiger partial charge in [0.25, 0.3) is 5.24 Å². The Hall–Kier alpha value is 0.690. The fourth-order valence-corrected chi connectivity index (χ4v) is 3.81. The smallest absolute Gasteiger partial charge is 0.254 e. The first-order valence-electron chi connectivity index (χ1n) is 4.72. The third kappa shape index (κ3) is 2.47. The maximum absolute atomic E-state index is 11.6. The van der Waals surface area contributed by atoms with Crippen LogP contribution in [0.15, 0.2) is 0 Å². The van der Waals surface area contributed by atoms with Gasteiger partial charge in [0, 0.05) is 10.8 Å². The number of carbonyl (C=O) groups excluding carboxylic acids is 1. The summed E-state index contributed by atoms with van der Waals surface area (Å²) in [6, 6.07) is 0. The van der Waals surface area contributed by atoms with E-state index in [-0.39, 0.29) is 51.5 Å². The quantitative estimate of drug-likeness (QED) is 0.256. The predicted octanol–water partition coefficient (Wildman–Crippen LogP) is 7.79. The van der Waals surface area contributed by atoms with Gasteiger partial charge in [-0.25, -0.2) is 0 Å². The SMILES string of the molecule is O=C(Cl)c1c(Cl)c(Cl)c(Cl)c2c(Cl)c(Cl)c(Cl)c(Cl)c12. The number of hydrogen-bond acceptors (Lipinski definition) is 1. The highest BCUT2D eigenvalue weighted by Gasteiger charge is 2.26.